The zero-order valence-electron chi connectivity index (χ0n) is 14.1. The first kappa shape index (κ1) is 16.5. The van der Waals surface area contributed by atoms with Gasteiger partial charge in [-0.1, -0.05) is 44.0 Å². The zero-order chi connectivity index (χ0) is 15.3. The Hall–Kier alpha value is -0.860. The van der Waals surface area contributed by atoms with Crippen molar-refractivity contribution < 1.29 is 4.74 Å². The smallest absolute Gasteiger partial charge is 0.0720 e. The van der Waals surface area contributed by atoms with Crippen LogP contribution in [0.5, 0.6) is 0 Å². The van der Waals surface area contributed by atoms with Gasteiger partial charge in [-0.05, 0) is 50.7 Å². The summed E-state index contributed by atoms with van der Waals surface area (Å²) in [6.07, 6.45) is 5.71. The summed E-state index contributed by atoms with van der Waals surface area (Å²) in [5, 5.41) is 3.52. The van der Waals surface area contributed by atoms with Crippen LogP contribution in [0.15, 0.2) is 24.3 Å². The fraction of sp³-hybridized carbons (Fsp3) is 0.684. The third kappa shape index (κ3) is 5.80. The van der Waals surface area contributed by atoms with Crippen LogP contribution < -0.4 is 5.32 Å². The number of rotatable bonds is 5. The fourth-order valence-electron chi connectivity index (χ4n) is 2.85. The summed E-state index contributed by atoms with van der Waals surface area (Å²) in [5.41, 5.74) is 2.78. The Kier molecular flexibility index (Phi) is 5.83. The van der Waals surface area contributed by atoms with Crippen molar-refractivity contribution in [1.29, 1.82) is 0 Å². The van der Waals surface area contributed by atoms with E-state index in [1.807, 2.05) is 0 Å². The average molecular weight is 289 g/mol. The Morgan fingerprint density at radius 3 is 2.29 bits per heavy atom. The molecule has 2 unspecified atom stereocenters. The second-order valence-electron chi connectivity index (χ2n) is 7.53. The first-order valence-corrected chi connectivity index (χ1v) is 8.38. The van der Waals surface area contributed by atoms with Crippen molar-refractivity contribution in [2.45, 2.75) is 78.2 Å². The summed E-state index contributed by atoms with van der Waals surface area (Å²) in [4.78, 5) is 0. The van der Waals surface area contributed by atoms with Gasteiger partial charge in [0.15, 0.2) is 0 Å². The normalized spacial score (nSPS) is 23.2. The summed E-state index contributed by atoms with van der Waals surface area (Å²) < 4.78 is 6.12. The van der Waals surface area contributed by atoms with Crippen molar-refractivity contribution in [3.8, 4) is 0 Å². The van der Waals surface area contributed by atoms with Crippen molar-refractivity contribution in [1.82, 2.24) is 5.32 Å². The summed E-state index contributed by atoms with van der Waals surface area (Å²) >= 11 is 0. The number of nitrogens with one attached hydrogen (secondary N) is 1. The highest BCUT2D eigenvalue weighted by Gasteiger charge is 2.21. The largest absolute Gasteiger partial charge is 0.373 e. The van der Waals surface area contributed by atoms with E-state index in [0.29, 0.717) is 12.0 Å². The van der Waals surface area contributed by atoms with Gasteiger partial charge in [-0.25, -0.2) is 0 Å². The predicted octanol–water partition coefficient (Wildman–Crippen LogP) is 4.67. The molecule has 21 heavy (non-hydrogen) atoms. The third-order valence-corrected chi connectivity index (χ3v) is 4.34. The molecular weight excluding hydrogens is 258 g/mol. The van der Waals surface area contributed by atoms with Crippen LogP contribution in [0.25, 0.3) is 0 Å². The van der Waals surface area contributed by atoms with Crippen LogP contribution in [0.1, 0.15) is 64.5 Å². The SMILES string of the molecule is CC1CCCCC1OCc1ccc(CNC(C)(C)C)cc1. The molecule has 0 aliphatic heterocycles. The van der Waals surface area contributed by atoms with Crippen molar-refractivity contribution in [3.05, 3.63) is 35.4 Å². The molecule has 0 heterocycles. The Morgan fingerprint density at radius 2 is 1.67 bits per heavy atom. The molecule has 1 aromatic carbocycles. The van der Waals surface area contributed by atoms with Gasteiger partial charge < -0.3 is 10.1 Å². The van der Waals surface area contributed by atoms with Crippen molar-refractivity contribution >= 4 is 0 Å². The van der Waals surface area contributed by atoms with Crippen LogP contribution >= 0.6 is 0 Å². The Labute approximate surface area is 130 Å². The number of benzene rings is 1. The Bertz CT molecular complexity index is 418. The van der Waals surface area contributed by atoms with Crippen LogP contribution in [0.2, 0.25) is 0 Å². The van der Waals surface area contributed by atoms with Crippen LogP contribution in [0, 0.1) is 5.92 Å². The van der Waals surface area contributed by atoms with Gasteiger partial charge in [-0.15, -0.1) is 0 Å². The molecule has 2 nitrogen and oxygen atoms in total. The maximum atomic E-state index is 6.12. The highest BCUT2D eigenvalue weighted by atomic mass is 16.5. The molecule has 1 saturated carbocycles. The van der Waals surface area contributed by atoms with Gasteiger partial charge in [0.25, 0.3) is 0 Å². The molecule has 0 bridgehead atoms. The maximum absolute atomic E-state index is 6.12. The quantitative estimate of drug-likeness (QED) is 0.850. The lowest BCUT2D eigenvalue weighted by atomic mass is 9.88. The molecule has 1 aliphatic carbocycles. The average Bonchev–Trinajstić information content (AvgIpc) is 2.45. The Balaban J connectivity index is 1.79. The monoisotopic (exact) mass is 289 g/mol. The highest BCUT2D eigenvalue weighted by Crippen LogP contribution is 2.27. The van der Waals surface area contributed by atoms with Crippen LogP contribution in [-0.4, -0.2) is 11.6 Å². The molecular formula is C19H31NO. The van der Waals surface area contributed by atoms with Crippen LogP contribution in [0.3, 0.4) is 0 Å². The molecule has 1 fully saturated rings. The number of ether oxygens (including phenoxy) is 1. The molecule has 2 atom stereocenters. The fourth-order valence-corrected chi connectivity index (χ4v) is 2.85. The van der Waals surface area contributed by atoms with E-state index in [0.717, 1.165) is 13.2 Å². The lowest BCUT2D eigenvalue weighted by Gasteiger charge is -2.28. The number of hydrogen-bond acceptors (Lipinski definition) is 2. The number of hydrogen-bond donors (Lipinski definition) is 1. The molecule has 2 rings (SSSR count). The Morgan fingerprint density at radius 1 is 1.05 bits per heavy atom. The van der Waals surface area contributed by atoms with Gasteiger partial charge >= 0.3 is 0 Å². The molecule has 2 heteroatoms. The lowest BCUT2D eigenvalue weighted by Crippen LogP contribution is -2.35. The van der Waals surface area contributed by atoms with Crippen LogP contribution in [0.4, 0.5) is 0 Å². The molecule has 0 radical (unpaired) electrons. The molecule has 1 aromatic rings. The second-order valence-corrected chi connectivity index (χ2v) is 7.53. The maximum Gasteiger partial charge on any atom is 0.0720 e. The molecule has 1 aliphatic rings. The standard InChI is InChI=1S/C19H31NO/c1-15-7-5-6-8-18(15)21-14-17-11-9-16(10-12-17)13-20-19(2,3)4/h9-12,15,18,20H,5-8,13-14H2,1-4H3. The topological polar surface area (TPSA) is 21.3 Å². The van der Waals surface area contributed by atoms with Gasteiger partial charge in [0.2, 0.25) is 0 Å². The molecule has 0 spiro atoms. The van der Waals surface area contributed by atoms with E-state index >= 15 is 0 Å². The summed E-state index contributed by atoms with van der Waals surface area (Å²) in [5.74, 6) is 0.717. The van der Waals surface area contributed by atoms with E-state index < -0.39 is 0 Å². The van der Waals surface area contributed by atoms with E-state index in [4.69, 9.17) is 4.74 Å². The van der Waals surface area contributed by atoms with E-state index in [9.17, 15) is 0 Å². The summed E-state index contributed by atoms with van der Waals surface area (Å²) in [6, 6.07) is 8.82. The molecule has 118 valence electrons. The van der Waals surface area contributed by atoms with Crippen molar-refractivity contribution in [3.63, 3.8) is 0 Å². The van der Waals surface area contributed by atoms with Crippen LogP contribution in [-0.2, 0) is 17.9 Å². The minimum absolute atomic E-state index is 0.166. The minimum Gasteiger partial charge on any atom is -0.373 e. The van der Waals surface area contributed by atoms with E-state index in [2.05, 4.69) is 57.3 Å². The van der Waals surface area contributed by atoms with Gasteiger partial charge in [0.1, 0.15) is 0 Å². The third-order valence-electron chi connectivity index (χ3n) is 4.34. The first-order valence-electron chi connectivity index (χ1n) is 8.38. The van der Waals surface area contributed by atoms with Crippen molar-refractivity contribution in [2.24, 2.45) is 5.92 Å². The minimum atomic E-state index is 0.166. The molecule has 0 saturated heterocycles. The van der Waals surface area contributed by atoms with E-state index in [-0.39, 0.29) is 5.54 Å². The van der Waals surface area contributed by atoms with Crippen molar-refractivity contribution in [2.75, 3.05) is 0 Å². The summed E-state index contributed by atoms with van der Waals surface area (Å²) in [7, 11) is 0. The molecule has 1 N–H and O–H groups in total. The predicted molar refractivity (Wildman–Crippen MR) is 89.2 cm³/mol. The zero-order valence-corrected chi connectivity index (χ0v) is 14.1. The van der Waals surface area contributed by atoms with Gasteiger partial charge in [0, 0.05) is 12.1 Å². The summed E-state index contributed by atoms with van der Waals surface area (Å²) in [6.45, 7) is 10.6. The van der Waals surface area contributed by atoms with E-state index in [1.54, 1.807) is 0 Å². The van der Waals surface area contributed by atoms with E-state index in [1.165, 1.54) is 36.8 Å². The molecule has 0 aromatic heterocycles. The molecule has 0 amide bonds. The van der Waals surface area contributed by atoms with Gasteiger partial charge in [-0.2, -0.15) is 0 Å². The lowest BCUT2D eigenvalue weighted by molar-refractivity contribution is -0.0154. The highest BCUT2D eigenvalue weighted by molar-refractivity contribution is 5.22. The first-order chi connectivity index (χ1) is 9.94. The van der Waals surface area contributed by atoms with Gasteiger partial charge in [0.05, 0.1) is 12.7 Å². The second kappa shape index (κ2) is 7.42. The van der Waals surface area contributed by atoms with Gasteiger partial charge in [-0.3, -0.25) is 0 Å².